The third kappa shape index (κ3) is 3.20. The van der Waals surface area contributed by atoms with Gasteiger partial charge in [-0.25, -0.2) is 9.97 Å². The van der Waals surface area contributed by atoms with Crippen LogP contribution in [0.25, 0.3) is 5.69 Å². The molecule has 5 heteroatoms. The first kappa shape index (κ1) is 13.6. The summed E-state index contributed by atoms with van der Waals surface area (Å²) >= 11 is 0. The fourth-order valence-corrected chi connectivity index (χ4v) is 2.35. The topological polar surface area (TPSA) is 47.7 Å². The smallest absolute Gasteiger partial charge is 0.122 e. The Morgan fingerprint density at radius 2 is 1.95 bits per heavy atom. The molecule has 0 bridgehead atoms. The number of hydrogen-bond donors (Lipinski definition) is 1. The molecule has 0 aliphatic rings. The Morgan fingerprint density at radius 3 is 2.57 bits per heavy atom. The molecule has 108 valence electrons. The van der Waals surface area contributed by atoms with Crippen molar-refractivity contribution in [2.45, 2.75) is 20.0 Å². The molecule has 0 spiro atoms. The minimum atomic E-state index is 0.771. The molecule has 0 atom stereocenters. The van der Waals surface area contributed by atoms with Gasteiger partial charge in [-0.1, -0.05) is 12.1 Å². The normalized spacial score (nSPS) is 11.0. The Balaban J connectivity index is 1.57. The maximum absolute atomic E-state index is 4.48. The Labute approximate surface area is 124 Å². The molecule has 0 aliphatic heterocycles. The summed E-state index contributed by atoms with van der Waals surface area (Å²) in [6, 6.07) is 8.46. The van der Waals surface area contributed by atoms with E-state index in [4.69, 9.17) is 0 Å². The molecule has 0 amide bonds. The van der Waals surface area contributed by atoms with Crippen LogP contribution in [0, 0.1) is 6.92 Å². The second-order valence-electron chi connectivity index (χ2n) is 5.15. The number of imidazole rings is 2. The highest BCUT2D eigenvalue weighted by Gasteiger charge is 2.02. The van der Waals surface area contributed by atoms with Crippen molar-refractivity contribution in [1.29, 1.82) is 0 Å². The van der Waals surface area contributed by atoms with Crippen LogP contribution >= 0.6 is 0 Å². The Hall–Kier alpha value is -2.40. The van der Waals surface area contributed by atoms with E-state index in [1.54, 1.807) is 12.5 Å². The number of nitrogens with zero attached hydrogens (tertiary/aromatic N) is 4. The number of aromatic nitrogens is 4. The minimum Gasteiger partial charge on any atom is -0.337 e. The summed E-state index contributed by atoms with van der Waals surface area (Å²) in [6.45, 7) is 3.61. The Kier molecular flexibility index (Phi) is 3.83. The van der Waals surface area contributed by atoms with Gasteiger partial charge >= 0.3 is 0 Å². The molecule has 0 saturated heterocycles. The van der Waals surface area contributed by atoms with Gasteiger partial charge in [0.25, 0.3) is 0 Å². The van der Waals surface area contributed by atoms with Gasteiger partial charge in [-0.2, -0.15) is 0 Å². The predicted octanol–water partition coefficient (Wildman–Crippen LogP) is 2.20. The van der Waals surface area contributed by atoms with Crippen LogP contribution in [0.1, 0.15) is 17.1 Å². The van der Waals surface area contributed by atoms with Gasteiger partial charge in [0, 0.05) is 37.9 Å². The molecule has 1 aromatic carbocycles. The lowest BCUT2D eigenvalue weighted by atomic mass is 10.2. The predicted molar refractivity (Wildman–Crippen MR) is 82.1 cm³/mol. The zero-order chi connectivity index (χ0) is 14.7. The molecule has 0 fully saturated rings. The highest BCUT2D eigenvalue weighted by molar-refractivity contribution is 5.34. The molecule has 3 rings (SSSR count). The SMILES string of the molecule is Cc1cn(C)c(CNCc2ccc(-n3ccnc3)cc2)n1. The largest absolute Gasteiger partial charge is 0.337 e. The lowest BCUT2D eigenvalue weighted by Crippen LogP contribution is -2.15. The van der Waals surface area contributed by atoms with Crippen molar-refractivity contribution < 1.29 is 0 Å². The van der Waals surface area contributed by atoms with E-state index in [1.165, 1.54) is 5.56 Å². The van der Waals surface area contributed by atoms with Crippen molar-refractivity contribution in [3.8, 4) is 5.69 Å². The molecule has 0 saturated carbocycles. The van der Waals surface area contributed by atoms with Crippen LogP contribution in [-0.4, -0.2) is 19.1 Å². The van der Waals surface area contributed by atoms with Crippen molar-refractivity contribution >= 4 is 0 Å². The highest BCUT2D eigenvalue weighted by atomic mass is 15.1. The van der Waals surface area contributed by atoms with Crippen LogP contribution in [0.5, 0.6) is 0 Å². The standard InChI is InChI=1S/C16H19N5/c1-13-11-20(2)16(19-13)10-18-9-14-3-5-15(6-4-14)21-8-7-17-12-21/h3-8,11-12,18H,9-10H2,1-2H3. The Morgan fingerprint density at radius 1 is 1.14 bits per heavy atom. The summed E-state index contributed by atoms with van der Waals surface area (Å²) in [4.78, 5) is 8.54. The third-order valence-electron chi connectivity index (χ3n) is 3.44. The fourth-order valence-electron chi connectivity index (χ4n) is 2.35. The molecule has 21 heavy (non-hydrogen) atoms. The van der Waals surface area contributed by atoms with E-state index in [0.717, 1.165) is 30.3 Å². The summed E-state index contributed by atoms with van der Waals surface area (Å²) in [5.41, 5.74) is 3.43. The van der Waals surface area contributed by atoms with Gasteiger partial charge in [-0.15, -0.1) is 0 Å². The van der Waals surface area contributed by atoms with Crippen LogP contribution in [0.4, 0.5) is 0 Å². The second-order valence-corrected chi connectivity index (χ2v) is 5.15. The average molecular weight is 281 g/mol. The van der Waals surface area contributed by atoms with Crippen LogP contribution in [0.3, 0.4) is 0 Å². The van der Waals surface area contributed by atoms with Crippen LogP contribution in [0.15, 0.2) is 49.2 Å². The van der Waals surface area contributed by atoms with Gasteiger partial charge in [0.1, 0.15) is 5.82 Å². The zero-order valence-electron chi connectivity index (χ0n) is 12.3. The minimum absolute atomic E-state index is 0.771. The maximum Gasteiger partial charge on any atom is 0.122 e. The summed E-state index contributed by atoms with van der Waals surface area (Å²) in [5, 5.41) is 3.42. The van der Waals surface area contributed by atoms with Crippen LogP contribution in [-0.2, 0) is 20.1 Å². The second kappa shape index (κ2) is 5.93. The van der Waals surface area contributed by atoms with Crippen molar-refractivity contribution in [3.63, 3.8) is 0 Å². The number of aryl methyl sites for hydroxylation is 2. The van der Waals surface area contributed by atoms with E-state index in [9.17, 15) is 0 Å². The van der Waals surface area contributed by atoms with E-state index in [2.05, 4.69) is 44.1 Å². The molecule has 1 N–H and O–H groups in total. The van der Waals surface area contributed by atoms with E-state index in [-0.39, 0.29) is 0 Å². The average Bonchev–Trinajstić information content (AvgIpc) is 3.10. The molecule has 2 aromatic heterocycles. The quantitative estimate of drug-likeness (QED) is 0.780. The summed E-state index contributed by atoms with van der Waals surface area (Å²) in [7, 11) is 2.02. The van der Waals surface area contributed by atoms with Gasteiger partial charge in [-0.05, 0) is 24.6 Å². The van der Waals surface area contributed by atoms with Crippen LogP contribution < -0.4 is 5.32 Å². The molecule has 0 unspecified atom stereocenters. The van der Waals surface area contributed by atoms with Crippen molar-refractivity contribution in [2.75, 3.05) is 0 Å². The van der Waals surface area contributed by atoms with E-state index >= 15 is 0 Å². The lowest BCUT2D eigenvalue weighted by molar-refractivity contribution is 0.638. The number of nitrogens with one attached hydrogen (secondary N) is 1. The first-order valence-electron chi connectivity index (χ1n) is 6.99. The summed E-state index contributed by atoms with van der Waals surface area (Å²) in [6.07, 6.45) is 7.56. The van der Waals surface area contributed by atoms with Gasteiger partial charge in [0.15, 0.2) is 0 Å². The molecule has 5 nitrogen and oxygen atoms in total. The van der Waals surface area contributed by atoms with Gasteiger partial charge in [0.2, 0.25) is 0 Å². The number of benzene rings is 1. The maximum atomic E-state index is 4.48. The summed E-state index contributed by atoms with van der Waals surface area (Å²) < 4.78 is 4.05. The Bertz CT molecular complexity index is 695. The molecular formula is C16H19N5. The van der Waals surface area contributed by atoms with Gasteiger partial charge < -0.3 is 14.5 Å². The highest BCUT2D eigenvalue weighted by Crippen LogP contribution is 2.09. The van der Waals surface area contributed by atoms with Crippen molar-refractivity contribution in [2.24, 2.45) is 7.05 Å². The molecular weight excluding hydrogens is 262 g/mol. The van der Waals surface area contributed by atoms with Crippen molar-refractivity contribution in [3.05, 3.63) is 66.3 Å². The first-order valence-corrected chi connectivity index (χ1v) is 6.99. The van der Waals surface area contributed by atoms with E-state index in [0.29, 0.717) is 0 Å². The van der Waals surface area contributed by atoms with E-state index < -0.39 is 0 Å². The molecule has 0 aliphatic carbocycles. The fraction of sp³-hybridized carbons (Fsp3) is 0.250. The molecule has 2 heterocycles. The van der Waals surface area contributed by atoms with Crippen molar-refractivity contribution in [1.82, 2.24) is 24.4 Å². The lowest BCUT2D eigenvalue weighted by Gasteiger charge is -2.07. The van der Waals surface area contributed by atoms with E-state index in [1.807, 2.05) is 30.9 Å². The monoisotopic (exact) mass is 281 g/mol. The number of rotatable bonds is 5. The zero-order valence-corrected chi connectivity index (χ0v) is 12.3. The third-order valence-corrected chi connectivity index (χ3v) is 3.44. The van der Waals surface area contributed by atoms with Crippen LogP contribution in [0.2, 0.25) is 0 Å². The molecule has 0 radical (unpaired) electrons. The molecule has 3 aromatic rings. The van der Waals surface area contributed by atoms with Gasteiger partial charge in [-0.3, -0.25) is 0 Å². The summed E-state index contributed by atoms with van der Waals surface area (Å²) in [5.74, 6) is 1.06. The number of hydrogen-bond acceptors (Lipinski definition) is 3. The first-order chi connectivity index (χ1) is 10.2. The van der Waals surface area contributed by atoms with Gasteiger partial charge in [0.05, 0.1) is 18.6 Å².